The Morgan fingerprint density at radius 3 is 3.00 bits per heavy atom. The van der Waals surface area contributed by atoms with Crippen LogP contribution in [0.15, 0.2) is 47.5 Å². The summed E-state index contributed by atoms with van der Waals surface area (Å²) < 4.78 is 3.59. The molecule has 0 atom stereocenters. The van der Waals surface area contributed by atoms with Crippen molar-refractivity contribution in [1.29, 1.82) is 0 Å². The zero-order chi connectivity index (χ0) is 16.2. The third kappa shape index (κ3) is 3.24. The molecular formula is C16H17BrN5O+. The van der Waals surface area contributed by atoms with Crippen molar-refractivity contribution in [2.75, 3.05) is 0 Å². The van der Waals surface area contributed by atoms with E-state index in [-0.39, 0.29) is 0 Å². The first-order chi connectivity index (χ1) is 11.2. The quantitative estimate of drug-likeness (QED) is 0.698. The van der Waals surface area contributed by atoms with Gasteiger partial charge in [0.25, 0.3) is 5.69 Å². The number of nitrogens with one attached hydrogen (secondary N) is 1. The third-order valence-electron chi connectivity index (χ3n) is 3.59. The van der Waals surface area contributed by atoms with Crippen LogP contribution in [0.25, 0.3) is 5.82 Å². The summed E-state index contributed by atoms with van der Waals surface area (Å²) in [5, 5.41) is 4.37. The Labute approximate surface area is 141 Å². The van der Waals surface area contributed by atoms with Crippen LogP contribution in [0.4, 0.5) is 0 Å². The maximum absolute atomic E-state index is 12.0. The van der Waals surface area contributed by atoms with Gasteiger partial charge >= 0.3 is 0 Å². The molecule has 7 heteroatoms. The number of nitrogens with zero attached hydrogens (tertiary/aromatic N) is 4. The third-order valence-corrected chi connectivity index (χ3v) is 4.21. The van der Waals surface area contributed by atoms with Crippen molar-refractivity contribution in [2.24, 2.45) is 0 Å². The number of hydrogen-bond donors (Lipinski definition) is 1. The van der Waals surface area contributed by atoms with E-state index in [1.165, 1.54) is 6.20 Å². The first kappa shape index (κ1) is 15.6. The van der Waals surface area contributed by atoms with Gasteiger partial charge in [0, 0.05) is 30.1 Å². The van der Waals surface area contributed by atoms with Crippen LogP contribution in [-0.4, -0.2) is 19.7 Å². The van der Waals surface area contributed by atoms with Crippen LogP contribution >= 0.6 is 15.9 Å². The van der Waals surface area contributed by atoms with E-state index in [2.05, 4.69) is 37.9 Å². The van der Waals surface area contributed by atoms with Crippen molar-refractivity contribution in [3.8, 4) is 5.82 Å². The average Bonchev–Trinajstić information content (AvgIpc) is 2.99. The second-order valence-electron chi connectivity index (χ2n) is 5.18. The summed E-state index contributed by atoms with van der Waals surface area (Å²) in [6.07, 6.45) is 8.87. The minimum atomic E-state index is 0.585. The molecule has 3 heterocycles. The van der Waals surface area contributed by atoms with Crippen LogP contribution in [0.3, 0.4) is 0 Å². The molecule has 0 fully saturated rings. The number of pyridine rings is 1. The minimum Gasteiger partial charge on any atom is -0.354 e. The molecule has 0 aliphatic carbocycles. The second-order valence-corrected chi connectivity index (χ2v) is 6.04. The standard InChI is InChI=1S/C16H17BrN5O/c1-2-4-15-14(18-9-10-21(15)23)11-12-6-8-20-22(12)16-13(17)5-3-7-19-16/h3,5-10H,2,4,11H2,1H3,(H,18,23)/q+1. The van der Waals surface area contributed by atoms with Gasteiger partial charge in [-0.1, -0.05) is 6.92 Å². The fourth-order valence-electron chi connectivity index (χ4n) is 2.53. The average molecular weight is 375 g/mol. The van der Waals surface area contributed by atoms with Crippen LogP contribution < -0.4 is 4.43 Å². The van der Waals surface area contributed by atoms with Gasteiger partial charge in [0.2, 0.25) is 6.20 Å². The maximum Gasteiger partial charge on any atom is 0.259 e. The van der Waals surface area contributed by atoms with Crippen LogP contribution in [0, 0.1) is 4.91 Å². The SMILES string of the molecule is CCCc1c(Cc2ccnn2-c2ncccc2Br)[nH]cc[n+]1=O. The van der Waals surface area contributed by atoms with Gasteiger partial charge in [0.1, 0.15) is 0 Å². The van der Waals surface area contributed by atoms with Crippen LogP contribution in [0.1, 0.15) is 30.4 Å². The second kappa shape index (κ2) is 6.87. The monoisotopic (exact) mass is 374 g/mol. The molecular weight excluding hydrogens is 358 g/mol. The highest BCUT2D eigenvalue weighted by atomic mass is 79.9. The fourth-order valence-corrected chi connectivity index (χ4v) is 2.96. The molecule has 0 amide bonds. The molecule has 3 rings (SSSR count). The molecule has 23 heavy (non-hydrogen) atoms. The molecule has 0 aliphatic heterocycles. The van der Waals surface area contributed by atoms with Gasteiger partial charge in [-0.15, -0.1) is 0 Å². The van der Waals surface area contributed by atoms with Gasteiger partial charge in [-0.05, 0) is 40.5 Å². The number of aromatic nitrogens is 5. The largest absolute Gasteiger partial charge is 0.354 e. The van der Waals surface area contributed by atoms with Crippen molar-refractivity contribution in [2.45, 2.75) is 26.2 Å². The van der Waals surface area contributed by atoms with Crippen molar-refractivity contribution < 1.29 is 4.43 Å². The molecule has 0 aromatic carbocycles. The predicted molar refractivity (Wildman–Crippen MR) is 90.0 cm³/mol. The van der Waals surface area contributed by atoms with E-state index in [4.69, 9.17) is 0 Å². The lowest BCUT2D eigenvalue weighted by Gasteiger charge is -2.08. The van der Waals surface area contributed by atoms with Gasteiger partial charge in [-0.25, -0.2) is 9.67 Å². The summed E-state index contributed by atoms with van der Waals surface area (Å²) in [7, 11) is 0. The number of rotatable bonds is 5. The Hall–Kier alpha value is -2.28. The number of hydrogen-bond acceptors (Lipinski definition) is 3. The van der Waals surface area contributed by atoms with E-state index in [0.29, 0.717) is 6.42 Å². The van der Waals surface area contributed by atoms with E-state index >= 15 is 0 Å². The summed E-state index contributed by atoms with van der Waals surface area (Å²) in [6.45, 7) is 2.06. The lowest BCUT2D eigenvalue weighted by Crippen LogP contribution is -2.24. The van der Waals surface area contributed by atoms with E-state index < -0.39 is 0 Å². The molecule has 3 aromatic rings. The number of aromatic amines is 1. The Balaban J connectivity index is 2.01. The summed E-state index contributed by atoms with van der Waals surface area (Å²) in [6, 6.07) is 5.73. The van der Waals surface area contributed by atoms with Crippen molar-refractivity contribution >= 4 is 15.9 Å². The lowest BCUT2D eigenvalue weighted by atomic mass is 10.1. The Kier molecular flexibility index (Phi) is 4.66. The molecule has 0 spiro atoms. The minimum absolute atomic E-state index is 0.585. The maximum atomic E-state index is 12.0. The first-order valence-corrected chi connectivity index (χ1v) is 8.25. The molecule has 118 valence electrons. The fraction of sp³-hybridized carbons (Fsp3) is 0.250. The first-order valence-electron chi connectivity index (χ1n) is 7.46. The number of halogens is 1. The highest BCUT2D eigenvalue weighted by Gasteiger charge is 2.18. The molecule has 3 aromatic heterocycles. The van der Waals surface area contributed by atoms with Crippen molar-refractivity contribution in [1.82, 2.24) is 19.7 Å². The van der Waals surface area contributed by atoms with E-state index in [1.54, 1.807) is 23.3 Å². The molecule has 0 radical (unpaired) electrons. The van der Waals surface area contributed by atoms with Crippen molar-refractivity contribution in [3.05, 3.63) is 69.4 Å². The zero-order valence-corrected chi connectivity index (χ0v) is 14.3. The molecule has 0 saturated heterocycles. The van der Waals surface area contributed by atoms with Gasteiger partial charge in [0.15, 0.2) is 5.82 Å². The summed E-state index contributed by atoms with van der Waals surface area (Å²) >= 11 is 3.50. The Morgan fingerprint density at radius 2 is 2.22 bits per heavy atom. The lowest BCUT2D eigenvalue weighted by molar-refractivity contribution is -0.506. The Morgan fingerprint density at radius 1 is 1.35 bits per heavy atom. The van der Waals surface area contributed by atoms with Gasteiger partial charge < -0.3 is 4.98 Å². The van der Waals surface area contributed by atoms with E-state index in [0.717, 1.165) is 44.6 Å². The highest BCUT2D eigenvalue weighted by Crippen LogP contribution is 2.20. The summed E-state index contributed by atoms with van der Waals surface area (Å²) in [4.78, 5) is 19.6. The smallest absolute Gasteiger partial charge is 0.259 e. The predicted octanol–water partition coefficient (Wildman–Crippen LogP) is 2.82. The van der Waals surface area contributed by atoms with Crippen LogP contribution in [0.2, 0.25) is 0 Å². The topological polar surface area (TPSA) is 69.5 Å². The normalized spacial score (nSPS) is 10.9. The van der Waals surface area contributed by atoms with Crippen molar-refractivity contribution in [3.63, 3.8) is 0 Å². The molecule has 0 unspecified atom stereocenters. The van der Waals surface area contributed by atoms with Crippen LogP contribution in [-0.2, 0) is 12.8 Å². The molecule has 1 N–H and O–H groups in total. The van der Waals surface area contributed by atoms with Gasteiger partial charge in [-0.2, -0.15) is 5.10 Å². The molecule has 0 saturated carbocycles. The van der Waals surface area contributed by atoms with Gasteiger partial charge in [-0.3, -0.25) is 0 Å². The molecule has 6 nitrogen and oxygen atoms in total. The molecule has 0 bridgehead atoms. The van der Waals surface area contributed by atoms with E-state index in [1.807, 2.05) is 18.2 Å². The summed E-state index contributed by atoms with van der Waals surface area (Å²) in [5.74, 6) is 0.732. The zero-order valence-electron chi connectivity index (χ0n) is 12.7. The number of H-pyrrole nitrogens is 1. The van der Waals surface area contributed by atoms with Gasteiger partial charge in [0.05, 0.1) is 26.5 Å². The summed E-state index contributed by atoms with van der Waals surface area (Å²) in [5.41, 5.74) is 2.63. The van der Waals surface area contributed by atoms with E-state index in [9.17, 15) is 4.91 Å². The molecule has 0 aliphatic rings. The van der Waals surface area contributed by atoms with Crippen LogP contribution in [0.5, 0.6) is 0 Å². The Bertz CT molecular complexity index is 871. The highest BCUT2D eigenvalue weighted by molar-refractivity contribution is 9.10.